The van der Waals surface area contributed by atoms with E-state index in [0.717, 1.165) is 10.0 Å². The Labute approximate surface area is 124 Å². The highest BCUT2D eigenvalue weighted by Crippen LogP contribution is 2.25. The maximum absolute atomic E-state index is 12.2. The Morgan fingerprint density at radius 2 is 2.21 bits per heavy atom. The highest BCUT2D eigenvalue weighted by Gasteiger charge is 2.13. The maximum Gasteiger partial charge on any atom is 0.256 e. The zero-order valence-electron chi connectivity index (χ0n) is 10.1. The van der Waals surface area contributed by atoms with E-state index >= 15 is 0 Å². The minimum Gasteiger partial charge on any atom is -0.398 e. The molecular formula is C13H11BrClN3O. The molecule has 0 radical (unpaired) electrons. The molecule has 0 saturated heterocycles. The molecule has 0 bridgehead atoms. The molecule has 0 aliphatic carbocycles. The second-order valence-corrected chi connectivity index (χ2v) is 5.24. The number of rotatable bonds is 2. The molecule has 19 heavy (non-hydrogen) atoms. The van der Waals surface area contributed by atoms with Gasteiger partial charge in [-0.2, -0.15) is 0 Å². The van der Waals surface area contributed by atoms with E-state index in [2.05, 4.69) is 26.2 Å². The summed E-state index contributed by atoms with van der Waals surface area (Å²) in [6.45, 7) is 1.79. The number of carbonyl (C=O) groups excluding carboxylic acids is 1. The normalized spacial score (nSPS) is 10.3. The molecule has 0 spiro atoms. The predicted molar refractivity (Wildman–Crippen MR) is 80.5 cm³/mol. The number of aromatic nitrogens is 1. The number of nitrogens with zero attached hydrogens (tertiary/aromatic N) is 1. The summed E-state index contributed by atoms with van der Waals surface area (Å²) in [5, 5.41) is 2.96. The van der Waals surface area contributed by atoms with Crippen LogP contribution in [0.2, 0.25) is 5.15 Å². The van der Waals surface area contributed by atoms with Gasteiger partial charge in [0.1, 0.15) is 0 Å². The number of benzene rings is 1. The van der Waals surface area contributed by atoms with Gasteiger partial charge in [-0.05, 0) is 36.8 Å². The van der Waals surface area contributed by atoms with Crippen LogP contribution in [0.15, 0.2) is 34.9 Å². The number of nitrogens with one attached hydrogen (secondary N) is 1. The quantitative estimate of drug-likeness (QED) is 0.648. The molecule has 0 atom stereocenters. The Balaban J connectivity index is 2.33. The van der Waals surface area contributed by atoms with Gasteiger partial charge in [0.15, 0.2) is 5.15 Å². The summed E-state index contributed by atoms with van der Waals surface area (Å²) in [5.41, 5.74) is 8.07. The Hall–Kier alpha value is -1.59. The lowest BCUT2D eigenvalue weighted by Gasteiger charge is -2.10. The average Bonchev–Trinajstić information content (AvgIpc) is 2.36. The van der Waals surface area contributed by atoms with Gasteiger partial charge in [0, 0.05) is 21.9 Å². The Morgan fingerprint density at radius 3 is 2.89 bits per heavy atom. The molecule has 2 aromatic rings. The fraction of sp³-hybridized carbons (Fsp3) is 0.0769. The molecule has 0 fully saturated rings. The zero-order valence-corrected chi connectivity index (χ0v) is 12.4. The van der Waals surface area contributed by atoms with E-state index in [4.69, 9.17) is 17.3 Å². The third-order valence-electron chi connectivity index (χ3n) is 2.66. The number of nitrogen functional groups attached to an aromatic ring is 1. The van der Waals surface area contributed by atoms with Crippen molar-refractivity contribution >= 4 is 44.8 Å². The molecule has 1 aromatic carbocycles. The second kappa shape index (κ2) is 5.59. The molecule has 98 valence electrons. The second-order valence-electron chi connectivity index (χ2n) is 3.96. The lowest BCUT2D eigenvalue weighted by molar-refractivity contribution is 0.102. The van der Waals surface area contributed by atoms with Crippen LogP contribution >= 0.6 is 27.5 Å². The number of hydrogen-bond donors (Lipinski definition) is 2. The first-order chi connectivity index (χ1) is 8.99. The average molecular weight is 341 g/mol. The standard InChI is InChI=1S/C13H11BrClN3O/c1-7-9(5-8(14)6-10(7)16)13(19)18-11-3-2-4-17-12(11)15/h2-6H,16H2,1H3,(H,18,19). The Morgan fingerprint density at radius 1 is 1.47 bits per heavy atom. The summed E-state index contributed by atoms with van der Waals surface area (Å²) >= 11 is 9.22. The molecule has 0 unspecified atom stereocenters. The first kappa shape index (κ1) is 13.8. The van der Waals surface area contributed by atoms with Gasteiger partial charge in [-0.3, -0.25) is 4.79 Å². The number of carbonyl (C=O) groups is 1. The fourth-order valence-electron chi connectivity index (χ4n) is 1.60. The molecule has 3 N–H and O–H groups in total. The molecule has 0 saturated carbocycles. The Bertz CT molecular complexity index is 646. The zero-order chi connectivity index (χ0) is 14.0. The third-order valence-corrected chi connectivity index (χ3v) is 3.42. The SMILES string of the molecule is Cc1c(N)cc(Br)cc1C(=O)Nc1cccnc1Cl. The van der Waals surface area contributed by atoms with Crippen LogP contribution in [0.5, 0.6) is 0 Å². The van der Waals surface area contributed by atoms with Crippen LogP contribution in [0.4, 0.5) is 11.4 Å². The summed E-state index contributed by atoms with van der Waals surface area (Å²) in [4.78, 5) is 16.1. The van der Waals surface area contributed by atoms with E-state index in [9.17, 15) is 4.79 Å². The third kappa shape index (κ3) is 3.05. The van der Waals surface area contributed by atoms with Gasteiger partial charge in [0.25, 0.3) is 5.91 Å². The topological polar surface area (TPSA) is 68.0 Å². The number of anilines is 2. The smallest absolute Gasteiger partial charge is 0.256 e. The van der Waals surface area contributed by atoms with Crippen LogP contribution in [-0.4, -0.2) is 10.9 Å². The van der Waals surface area contributed by atoms with E-state index in [1.54, 1.807) is 37.4 Å². The van der Waals surface area contributed by atoms with E-state index in [-0.39, 0.29) is 11.1 Å². The molecule has 4 nitrogen and oxygen atoms in total. The maximum atomic E-state index is 12.2. The number of hydrogen-bond acceptors (Lipinski definition) is 3. The van der Waals surface area contributed by atoms with E-state index in [0.29, 0.717) is 16.9 Å². The Kier molecular flexibility index (Phi) is 4.07. The van der Waals surface area contributed by atoms with Gasteiger partial charge in [-0.1, -0.05) is 27.5 Å². The predicted octanol–water partition coefficient (Wildman–Crippen LogP) is 3.64. The fourth-order valence-corrected chi connectivity index (χ4v) is 2.25. The van der Waals surface area contributed by atoms with Crippen molar-refractivity contribution in [2.45, 2.75) is 6.92 Å². The minimum absolute atomic E-state index is 0.247. The van der Waals surface area contributed by atoms with Crippen molar-refractivity contribution in [1.82, 2.24) is 4.98 Å². The number of pyridine rings is 1. The molecule has 2 rings (SSSR count). The van der Waals surface area contributed by atoms with Crippen LogP contribution in [-0.2, 0) is 0 Å². The molecule has 1 aromatic heterocycles. The molecule has 0 aliphatic heterocycles. The highest BCUT2D eigenvalue weighted by molar-refractivity contribution is 9.10. The number of nitrogens with two attached hydrogens (primary N) is 1. The first-order valence-electron chi connectivity index (χ1n) is 5.46. The van der Waals surface area contributed by atoms with Crippen molar-refractivity contribution in [1.29, 1.82) is 0 Å². The molecular weight excluding hydrogens is 330 g/mol. The van der Waals surface area contributed by atoms with Crippen LogP contribution in [0.1, 0.15) is 15.9 Å². The van der Waals surface area contributed by atoms with Gasteiger partial charge in [-0.15, -0.1) is 0 Å². The summed E-state index contributed by atoms with van der Waals surface area (Å²) in [5.74, 6) is -0.277. The summed E-state index contributed by atoms with van der Waals surface area (Å²) in [7, 11) is 0. The van der Waals surface area contributed by atoms with Crippen molar-refractivity contribution in [3.63, 3.8) is 0 Å². The van der Waals surface area contributed by atoms with Gasteiger partial charge < -0.3 is 11.1 Å². The van der Waals surface area contributed by atoms with E-state index < -0.39 is 0 Å². The largest absolute Gasteiger partial charge is 0.398 e. The van der Waals surface area contributed by atoms with Gasteiger partial charge in [0.05, 0.1) is 5.69 Å². The van der Waals surface area contributed by atoms with Crippen molar-refractivity contribution in [2.75, 3.05) is 11.1 Å². The van der Waals surface area contributed by atoms with Crippen LogP contribution < -0.4 is 11.1 Å². The molecule has 1 heterocycles. The highest BCUT2D eigenvalue weighted by atomic mass is 79.9. The van der Waals surface area contributed by atoms with Crippen LogP contribution in [0.3, 0.4) is 0 Å². The summed E-state index contributed by atoms with van der Waals surface area (Å²) in [6.07, 6.45) is 1.56. The lowest BCUT2D eigenvalue weighted by Crippen LogP contribution is -2.14. The van der Waals surface area contributed by atoms with Crippen molar-refractivity contribution in [3.05, 3.63) is 51.2 Å². The van der Waals surface area contributed by atoms with Gasteiger partial charge in [-0.25, -0.2) is 4.98 Å². The van der Waals surface area contributed by atoms with Crippen LogP contribution in [0.25, 0.3) is 0 Å². The van der Waals surface area contributed by atoms with Gasteiger partial charge in [0.2, 0.25) is 0 Å². The first-order valence-corrected chi connectivity index (χ1v) is 6.63. The summed E-state index contributed by atoms with van der Waals surface area (Å²) < 4.78 is 0.748. The van der Waals surface area contributed by atoms with Gasteiger partial charge >= 0.3 is 0 Å². The number of amides is 1. The van der Waals surface area contributed by atoms with Crippen molar-refractivity contribution in [2.24, 2.45) is 0 Å². The molecule has 6 heteroatoms. The monoisotopic (exact) mass is 339 g/mol. The van der Waals surface area contributed by atoms with E-state index in [1.807, 2.05) is 0 Å². The molecule has 1 amide bonds. The van der Waals surface area contributed by atoms with Crippen molar-refractivity contribution in [3.8, 4) is 0 Å². The summed E-state index contributed by atoms with van der Waals surface area (Å²) in [6, 6.07) is 6.85. The van der Waals surface area contributed by atoms with Crippen LogP contribution in [0, 0.1) is 6.92 Å². The minimum atomic E-state index is -0.277. The van der Waals surface area contributed by atoms with Crippen molar-refractivity contribution < 1.29 is 4.79 Å². The number of halogens is 2. The molecule has 0 aliphatic rings. The van der Waals surface area contributed by atoms with E-state index in [1.165, 1.54) is 0 Å². The lowest BCUT2D eigenvalue weighted by atomic mass is 10.1.